The molecule has 20 heavy (non-hydrogen) atoms. The summed E-state index contributed by atoms with van der Waals surface area (Å²) in [7, 11) is 0. The number of halogens is 4. The number of carbonyl (C=O) groups excluding carboxylic acids is 1. The van der Waals surface area contributed by atoms with E-state index < -0.39 is 23.4 Å². The third-order valence-corrected chi connectivity index (χ3v) is 2.74. The number of hydrogen-bond donors (Lipinski definition) is 0. The van der Waals surface area contributed by atoms with E-state index in [4.69, 9.17) is 4.74 Å². The van der Waals surface area contributed by atoms with Gasteiger partial charge in [0.25, 0.3) is 0 Å². The summed E-state index contributed by atoms with van der Waals surface area (Å²) in [5, 5.41) is 0. The van der Waals surface area contributed by atoms with Gasteiger partial charge in [0.2, 0.25) is 0 Å². The quantitative estimate of drug-likeness (QED) is 0.564. The molecule has 0 bridgehead atoms. The van der Waals surface area contributed by atoms with Gasteiger partial charge in [0.15, 0.2) is 0 Å². The average molecular weight is 354 g/mol. The molecule has 0 aromatic heterocycles. The van der Waals surface area contributed by atoms with Crippen LogP contribution in [0.5, 0.6) is 0 Å². The van der Waals surface area contributed by atoms with E-state index in [0.29, 0.717) is 5.69 Å². The van der Waals surface area contributed by atoms with Crippen LogP contribution in [-0.4, -0.2) is 17.1 Å². The van der Waals surface area contributed by atoms with Crippen LogP contribution < -0.4 is 4.90 Å². The first kappa shape index (κ1) is 16.8. The maximum Gasteiger partial charge on any atom is 0.416 e. The maximum absolute atomic E-state index is 12.5. The molecule has 0 unspecified atom stereocenters. The summed E-state index contributed by atoms with van der Waals surface area (Å²) in [6.45, 7) is 5.14. The first-order valence-electron chi connectivity index (χ1n) is 5.78. The van der Waals surface area contributed by atoms with Gasteiger partial charge in [0.05, 0.1) is 11.0 Å². The summed E-state index contributed by atoms with van der Waals surface area (Å²) in [6.07, 6.45) is -5.03. The molecule has 1 aromatic carbocycles. The van der Waals surface area contributed by atoms with Crippen molar-refractivity contribution in [3.05, 3.63) is 29.8 Å². The lowest BCUT2D eigenvalue weighted by atomic mass is 10.2. The summed E-state index contributed by atoms with van der Waals surface area (Å²) in [4.78, 5) is 13.1. The van der Waals surface area contributed by atoms with Gasteiger partial charge in [-0.1, -0.05) is 15.9 Å². The van der Waals surface area contributed by atoms with E-state index in [0.717, 1.165) is 12.1 Å². The second-order valence-electron chi connectivity index (χ2n) is 5.07. The Kier molecular flexibility index (Phi) is 5.07. The van der Waals surface area contributed by atoms with Crippen LogP contribution in [0.25, 0.3) is 0 Å². The molecular weight excluding hydrogens is 339 g/mol. The molecule has 7 heteroatoms. The molecule has 0 heterocycles. The molecule has 0 fully saturated rings. The van der Waals surface area contributed by atoms with Crippen molar-refractivity contribution in [2.45, 2.75) is 32.5 Å². The van der Waals surface area contributed by atoms with Crippen molar-refractivity contribution in [1.29, 1.82) is 0 Å². The third-order valence-electron chi connectivity index (χ3n) is 2.24. The summed E-state index contributed by atoms with van der Waals surface area (Å²) < 4.78 is 42.6. The second kappa shape index (κ2) is 6.03. The van der Waals surface area contributed by atoms with E-state index in [9.17, 15) is 18.0 Å². The number of amides is 1. The van der Waals surface area contributed by atoms with E-state index in [-0.39, 0.29) is 5.45 Å². The third kappa shape index (κ3) is 4.70. The zero-order valence-corrected chi connectivity index (χ0v) is 12.9. The predicted octanol–water partition coefficient (Wildman–Crippen LogP) is 4.80. The van der Waals surface area contributed by atoms with Crippen molar-refractivity contribution in [1.82, 2.24) is 0 Å². The van der Waals surface area contributed by atoms with E-state index in [2.05, 4.69) is 15.9 Å². The maximum atomic E-state index is 12.5. The molecule has 0 radical (unpaired) electrons. The summed E-state index contributed by atoms with van der Waals surface area (Å²) in [6, 6.07) is 4.31. The van der Waals surface area contributed by atoms with Crippen molar-refractivity contribution < 1.29 is 22.7 Å². The van der Waals surface area contributed by atoms with E-state index in [1.54, 1.807) is 20.8 Å². The van der Waals surface area contributed by atoms with Crippen LogP contribution in [0.1, 0.15) is 26.3 Å². The Labute approximate surface area is 123 Å². The van der Waals surface area contributed by atoms with Gasteiger partial charge in [-0.3, -0.25) is 4.90 Å². The lowest BCUT2D eigenvalue weighted by molar-refractivity contribution is -0.137. The molecule has 112 valence electrons. The van der Waals surface area contributed by atoms with Gasteiger partial charge >= 0.3 is 12.3 Å². The summed E-state index contributed by atoms with van der Waals surface area (Å²) in [5.41, 5.74) is -0.999. The van der Waals surface area contributed by atoms with Crippen LogP contribution in [0.3, 0.4) is 0 Å². The van der Waals surface area contributed by atoms with E-state index in [1.807, 2.05) is 0 Å². The fraction of sp³-hybridized carbons (Fsp3) is 0.462. The van der Waals surface area contributed by atoms with Gasteiger partial charge < -0.3 is 4.74 Å². The van der Waals surface area contributed by atoms with Gasteiger partial charge in [-0.2, -0.15) is 13.2 Å². The number of alkyl halides is 4. The molecule has 0 saturated heterocycles. The molecule has 1 aromatic rings. The zero-order chi connectivity index (χ0) is 15.6. The molecule has 0 aliphatic carbocycles. The number of carbonyl (C=O) groups is 1. The first-order chi connectivity index (χ1) is 9.04. The monoisotopic (exact) mass is 353 g/mol. The molecule has 3 nitrogen and oxygen atoms in total. The van der Waals surface area contributed by atoms with Crippen LogP contribution in [0.4, 0.5) is 23.7 Å². The van der Waals surface area contributed by atoms with Crippen LogP contribution in [-0.2, 0) is 10.9 Å². The number of rotatable bonds is 2. The van der Waals surface area contributed by atoms with Crippen LogP contribution in [0.15, 0.2) is 24.3 Å². The number of nitrogens with zero attached hydrogens (tertiary/aromatic N) is 1. The van der Waals surface area contributed by atoms with Crippen molar-refractivity contribution in [3.8, 4) is 0 Å². The SMILES string of the molecule is CC(C)(C)OC(=O)N(CBr)c1ccc(C(F)(F)F)cc1. The smallest absolute Gasteiger partial charge is 0.416 e. The van der Waals surface area contributed by atoms with Crippen molar-refractivity contribution in [2.24, 2.45) is 0 Å². The highest BCUT2D eigenvalue weighted by Crippen LogP contribution is 2.31. The molecule has 0 spiro atoms. The average Bonchev–Trinajstić information content (AvgIpc) is 2.27. The fourth-order valence-electron chi connectivity index (χ4n) is 1.37. The topological polar surface area (TPSA) is 29.5 Å². The summed E-state index contributed by atoms with van der Waals surface area (Å²) in [5.74, 6) is 0. The highest BCUT2D eigenvalue weighted by Gasteiger charge is 2.30. The second-order valence-corrected chi connectivity index (χ2v) is 5.57. The number of anilines is 1. The zero-order valence-electron chi connectivity index (χ0n) is 11.3. The molecule has 0 aliphatic heterocycles. The van der Waals surface area contributed by atoms with Crippen LogP contribution in [0.2, 0.25) is 0 Å². The number of ether oxygens (including phenoxy) is 1. The highest BCUT2D eigenvalue weighted by atomic mass is 79.9. The Bertz CT molecular complexity index is 466. The standard InChI is InChI=1S/C13H15BrF3NO2/c1-12(2,3)20-11(19)18(8-14)10-6-4-9(5-7-10)13(15,16)17/h4-7H,8H2,1-3H3. The molecule has 0 saturated carbocycles. The molecule has 0 atom stereocenters. The van der Waals surface area contributed by atoms with Gasteiger partial charge in [0.1, 0.15) is 5.60 Å². The number of benzene rings is 1. The van der Waals surface area contributed by atoms with E-state index >= 15 is 0 Å². The summed E-state index contributed by atoms with van der Waals surface area (Å²) >= 11 is 3.12. The Hall–Kier alpha value is -1.24. The highest BCUT2D eigenvalue weighted by molar-refractivity contribution is 9.09. The minimum atomic E-state index is -4.40. The molecular formula is C13H15BrF3NO2. The Morgan fingerprint density at radius 2 is 1.70 bits per heavy atom. The van der Waals surface area contributed by atoms with Crippen molar-refractivity contribution in [3.63, 3.8) is 0 Å². The molecule has 0 aliphatic rings. The Morgan fingerprint density at radius 3 is 2.05 bits per heavy atom. The van der Waals surface area contributed by atoms with Crippen molar-refractivity contribution in [2.75, 3.05) is 10.4 Å². The minimum absolute atomic E-state index is 0.118. The largest absolute Gasteiger partial charge is 0.443 e. The lowest BCUT2D eigenvalue weighted by Crippen LogP contribution is -2.36. The van der Waals surface area contributed by atoms with Gasteiger partial charge in [-0.25, -0.2) is 4.79 Å². The first-order valence-corrected chi connectivity index (χ1v) is 6.90. The molecule has 1 amide bonds. The van der Waals surface area contributed by atoms with Crippen molar-refractivity contribution >= 4 is 27.7 Å². The fourth-order valence-corrected chi connectivity index (χ4v) is 1.86. The molecule has 1 rings (SSSR count). The Morgan fingerprint density at radius 1 is 1.20 bits per heavy atom. The Balaban J connectivity index is 2.94. The van der Waals surface area contributed by atoms with Gasteiger partial charge in [-0.15, -0.1) is 0 Å². The lowest BCUT2D eigenvalue weighted by Gasteiger charge is -2.26. The van der Waals surface area contributed by atoms with E-state index in [1.165, 1.54) is 17.0 Å². The normalized spacial score (nSPS) is 12.2. The minimum Gasteiger partial charge on any atom is -0.443 e. The van der Waals surface area contributed by atoms with Gasteiger partial charge in [0, 0.05) is 5.69 Å². The predicted molar refractivity (Wildman–Crippen MR) is 74.0 cm³/mol. The van der Waals surface area contributed by atoms with Crippen LogP contribution in [0, 0.1) is 0 Å². The number of hydrogen-bond acceptors (Lipinski definition) is 2. The van der Waals surface area contributed by atoms with Crippen LogP contribution >= 0.6 is 15.9 Å². The van der Waals surface area contributed by atoms with Gasteiger partial charge in [-0.05, 0) is 45.0 Å². The molecule has 0 N–H and O–H groups in total.